The van der Waals surface area contributed by atoms with Gasteiger partial charge in [-0.3, -0.25) is 9.59 Å². The van der Waals surface area contributed by atoms with Crippen molar-refractivity contribution < 1.29 is 9.59 Å². The molecule has 27 heavy (non-hydrogen) atoms. The van der Waals surface area contributed by atoms with Crippen LogP contribution in [0.1, 0.15) is 57.4 Å². The minimum atomic E-state index is 0. The predicted molar refractivity (Wildman–Crippen MR) is 112 cm³/mol. The molecule has 2 aliphatic rings. The number of piperidine rings is 1. The summed E-state index contributed by atoms with van der Waals surface area (Å²) >= 11 is 1.68. The smallest absolute Gasteiger partial charge is 0.223 e. The number of halogens is 1. The molecule has 1 spiro atoms. The molecule has 1 aliphatic heterocycles. The molecule has 1 aromatic heterocycles. The van der Waals surface area contributed by atoms with Crippen molar-refractivity contribution >= 4 is 35.6 Å². The van der Waals surface area contributed by atoms with Crippen molar-refractivity contribution in [1.82, 2.24) is 15.5 Å². The van der Waals surface area contributed by atoms with E-state index in [1.165, 1.54) is 18.4 Å². The molecule has 152 valence electrons. The summed E-state index contributed by atoms with van der Waals surface area (Å²) in [5.41, 5.74) is 1.56. The zero-order valence-electron chi connectivity index (χ0n) is 16.2. The standard InChI is InChI=1S/C20H31N3O2S.ClH/c1-2-9-22-18(24)4-3-5-19(25)23(14-16-6-12-26-15-16)17-13-20(17)7-10-21-11-8-20;/h6,12,15,17,21H,2-5,7-11,13-14H2,1H3,(H,22,24);1H. The molecule has 5 nitrogen and oxygen atoms in total. The molecule has 1 aliphatic carbocycles. The van der Waals surface area contributed by atoms with Crippen LogP contribution in [0, 0.1) is 5.41 Å². The van der Waals surface area contributed by atoms with Gasteiger partial charge in [-0.25, -0.2) is 0 Å². The first-order chi connectivity index (χ1) is 12.6. The van der Waals surface area contributed by atoms with Gasteiger partial charge in [-0.05, 0) is 73.0 Å². The van der Waals surface area contributed by atoms with Crippen LogP contribution in [0.4, 0.5) is 0 Å². The van der Waals surface area contributed by atoms with Crippen molar-refractivity contribution in [3.63, 3.8) is 0 Å². The monoisotopic (exact) mass is 413 g/mol. The van der Waals surface area contributed by atoms with Gasteiger partial charge < -0.3 is 15.5 Å². The third-order valence-electron chi connectivity index (χ3n) is 5.74. The summed E-state index contributed by atoms with van der Waals surface area (Å²) in [5, 5.41) is 10.5. The number of thiophene rings is 1. The zero-order valence-corrected chi connectivity index (χ0v) is 17.8. The van der Waals surface area contributed by atoms with Gasteiger partial charge in [0.1, 0.15) is 0 Å². The van der Waals surface area contributed by atoms with Crippen LogP contribution < -0.4 is 10.6 Å². The lowest BCUT2D eigenvalue weighted by molar-refractivity contribution is -0.133. The maximum Gasteiger partial charge on any atom is 0.223 e. The Balaban J connectivity index is 0.00000261. The Hall–Kier alpha value is -1.11. The fraction of sp³-hybridized carbons (Fsp3) is 0.700. The molecular formula is C20H32ClN3O2S. The van der Waals surface area contributed by atoms with Crippen molar-refractivity contribution in [2.24, 2.45) is 5.41 Å². The van der Waals surface area contributed by atoms with E-state index in [9.17, 15) is 9.59 Å². The highest BCUT2D eigenvalue weighted by molar-refractivity contribution is 7.07. The molecule has 1 saturated heterocycles. The molecule has 3 rings (SSSR count). The molecule has 0 radical (unpaired) electrons. The molecule has 7 heteroatoms. The summed E-state index contributed by atoms with van der Waals surface area (Å²) in [5.74, 6) is 0.269. The Morgan fingerprint density at radius 3 is 2.78 bits per heavy atom. The van der Waals surface area contributed by atoms with Crippen LogP contribution in [0.15, 0.2) is 16.8 Å². The largest absolute Gasteiger partial charge is 0.356 e. The van der Waals surface area contributed by atoms with Gasteiger partial charge in [0.25, 0.3) is 0 Å². The summed E-state index contributed by atoms with van der Waals surface area (Å²) < 4.78 is 0. The third kappa shape index (κ3) is 5.93. The predicted octanol–water partition coefficient (Wildman–Crippen LogP) is 3.34. The van der Waals surface area contributed by atoms with E-state index >= 15 is 0 Å². The van der Waals surface area contributed by atoms with E-state index in [0.29, 0.717) is 37.3 Å². The Bertz CT molecular complexity index is 602. The lowest BCUT2D eigenvalue weighted by atomic mass is 9.93. The summed E-state index contributed by atoms with van der Waals surface area (Å²) in [6.45, 7) is 5.60. The summed E-state index contributed by atoms with van der Waals surface area (Å²) in [7, 11) is 0. The molecule has 2 fully saturated rings. The second-order valence-corrected chi connectivity index (χ2v) is 8.47. The number of nitrogens with zero attached hydrogens (tertiary/aromatic N) is 1. The van der Waals surface area contributed by atoms with E-state index in [1.807, 2.05) is 6.92 Å². The van der Waals surface area contributed by atoms with Crippen LogP contribution in [0.2, 0.25) is 0 Å². The maximum atomic E-state index is 13.0. The third-order valence-corrected chi connectivity index (χ3v) is 6.47. The highest BCUT2D eigenvalue weighted by Gasteiger charge is 2.57. The van der Waals surface area contributed by atoms with Gasteiger partial charge in [-0.1, -0.05) is 6.92 Å². The number of carbonyl (C=O) groups excluding carboxylic acids is 2. The van der Waals surface area contributed by atoms with Crippen LogP contribution in [0.3, 0.4) is 0 Å². The van der Waals surface area contributed by atoms with Crippen molar-refractivity contribution in [3.05, 3.63) is 22.4 Å². The average molecular weight is 414 g/mol. The Kier molecular flexibility index (Phi) is 8.58. The molecule has 0 bridgehead atoms. The number of amides is 2. The number of rotatable bonds is 9. The van der Waals surface area contributed by atoms with Crippen LogP contribution in [0.5, 0.6) is 0 Å². The summed E-state index contributed by atoms with van der Waals surface area (Å²) in [6, 6.07) is 2.49. The van der Waals surface area contributed by atoms with Gasteiger partial charge >= 0.3 is 0 Å². The van der Waals surface area contributed by atoms with Gasteiger partial charge in [0.05, 0.1) is 0 Å². The highest BCUT2D eigenvalue weighted by atomic mass is 35.5. The Labute approximate surface area is 172 Å². The topological polar surface area (TPSA) is 61.4 Å². The van der Waals surface area contributed by atoms with Crippen molar-refractivity contribution in [1.29, 1.82) is 0 Å². The Morgan fingerprint density at radius 1 is 1.33 bits per heavy atom. The second kappa shape index (κ2) is 10.4. The summed E-state index contributed by atoms with van der Waals surface area (Å²) in [4.78, 5) is 26.8. The SMILES string of the molecule is CCCNC(=O)CCCC(=O)N(Cc1ccsc1)C1CC12CCNCC2.Cl. The van der Waals surface area contributed by atoms with Gasteiger partial charge in [0, 0.05) is 32.0 Å². The van der Waals surface area contributed by atoms with E-state index in [1.54, 1.807) is 11.3 Å². The van der Waals surface area contributed by atoms with E-state index in [4.69, 9.17) is 0 Å². The maximum absolute atomic E-state index is 13.0. The fourth-order valence-corrected chi connectivity index (χ4v) is 4.74. The molecule has 2 N–H and O–H groups in total. The molecule has 2 heterocycles. The van der Waals surface area contributed by atoms with Crippen molar-refractivity contribution in [2.75, 3.05) is 19.6 Å². The molecule has 2 amide bonds. The van der Waals surface area contributed by atoms with Gasteiger partial charge in [0.15, 0.2) is 0 Å². The molecule has 0 aromatic carbocycles. The minimum absolute atomic E-state index is 0. The zero-order chi connectivity index (χ0) is 18.4. The molecular weight excluding hydrogens is 382 g/mol. The van der Waals surface area contributed by atoms with E-state index in [2.05, 4.69) is 32.4 Å². The molecule has 1 unspecified atom stereocenters. The number of hydrogen-bond donors (Lipinski definition) is 2. The van der Waals surface area contributed by atoms with Gasteiger partial charge in [-0.15, -0.1) is 12.4 Å². The first-order valence-corrected chi connectivity index (χ1v) is 10.9. The average Bonchev–Trinajstić information content (AvgIpc) is 3.07. The first-order valence-electron chi connectivity index (χ1n) is 9.92. The van der Waals surface area contributed by atoms with Crippen molar-refractivity contribution in [2.45, 2.75) is 64.5 Å². The van der Waals surface area contributed by atoms with E-state index in [0.717, 1.165) is 32.5 Å². The molecule has 1 atom stereocenters. The number of nitrogens with one attached hydrogen (secondary N) is 2. The minimum Gasteiger partial charge on any atom is -0.356 e. The molecule has 1 aromatic rings. The number of carbonyl (C=O) groups is 2. The van der Waals surface area contributed by atoms with Crippen LogP contribution >= 0.6 is 23.7 Å². The van der Waals surface area contributed by atoms with Crippen LogP contribution in [0.25, 0.3) is 0 Å². The van der Waals surface area contributed by atoms with Gasteiger partial charge in [0.2, 0.25) is 11.8 Å². The van der Waals surface area contributed by atoms with Crippen molar-refractivity contribution in [3.8, 4) is 0 Å². The van der Waals surface area contributed by atoms with Crippen LogP contribution in [-0.4, -0.2) is 42.4 Å². The van der Waals surface area contributed by atoms with E-state index in [-0.39, 0.29) is 24.2 Å². The van der Waals surface area contributed by atoms with Gasteiger partial charge in [-0.2, -0.15) is 11.3 Å². The highest BCUT2D eigenvalue weighted by Crippen LogP contribution is 2.56. The first kappa shape index (κ1) is 22.2. The summed E-state index contributed by atoms with van der Waals surface area (Å²) in [6.07, 6.45) is 5.97. The van der Waals surface area contributed by atoms with Crippen LogP contribution in [-0.2, 0) is 16.1 Å². The normalized spacial score (nSPS) is 20.0. The lowest BCUT2D eigenvalue weighted by Gasteiger charge is -2.29. The molecule has 1 saturated carbocycles. The number of hydrogen-bond acceptors (Lipinski definition) is 4. The fourth-order valence-electron chi connectivity index (χ4n) is 4.08. The Morgan fingerprint density at radius 2 is 2.11 bits per heavy atom. The second-order valence-electron chi connectivity index (χ2n) is 7.69. The lowest BCUT2D eigenvalue weighted by Crippen LogP contribution is -2.39. The quantitative estimate of drug-likeness (QED) is 0.652. The van der Waals surface area contributed by atoms with E-state index < -0.39 is 0 Å².